The van der Waals surface area contributed by atoms with Crippen LogP contribution in [0.1, 0.15) is 41.7 Å². The Hall–Kier alpha value is -3.43. The molecule has 2 aromatic carbocycles. The summed E-state index contributed by atoms with van der Waals surface area (Å²) in [6, 6.07) is 8.93. The third-order valence-corrected chi connectivity index (χ3v) is 7.25. The fraction of sp³-hybridized carbons (Fsp3) is 0.308. The standard InChI is InChI=1S/C26H29Cl2FN6O2/c1-15(22-18(27)7-8-19(29)23(22)28)35-12-9-32-24(31)21(35)14-20(30)25(36)33-17-6-4-5-16(13-17)26(37)34-10-2-3-11-34/h4-8,13-15,32H,2-3,9-12,30-31H2,1H3,(H,33,36)/b20-14-. The van der Waals surface area contributed by atoms with E-state index in [2.05, 4.69) is 10.6 Å². The monoisotopic (exact) mass is 546 g/mol. The van der Waals surface area contributed by atoms with Gasteiger partial charge in [-0.05, 0) is 56.2 Å². The third kappa shape index (κ3) is 5.78. The number of halogens is 3. The molecule has 6 N–H and O–H groups in total. The van der Waals surface area contributed by atoms with Gasteiger partial charge in [0.1, 0.15) is 11.6 Å². The minimum absolute atomic E-state index is 0.0670. The molecule has 2 heterocycles. The van der Waals surface area contributed by atoms with E-state index in [0.29, 0.717) is 46.4 Å². The van der Waals surface area contributed by atoms with Crippen molar-refractivity contribution >= 4 is 40.7 Å². The molecule has 0 bridgehead atoms. The minimum Gasteiger partial charge on any atom is -0.394 e. The predicted octanol–water partition coefficient (Wildman–Crippen LogP) is 3.94. The van der Waals surface area contributed by atoms with Crippen LogP contribution in [-0.4, -0.2) is 47.8 Å². The summed E-state index contributed by atoms with van der Waals surface area (Å²) in [4.78, 5) is 29.3. The largest absolute Gasteiger partial charge is 0.394 e. The van der Waals surface area contributed by atoms with Gasteiger partial charge in [0.15, 0.2) is 0 Å². The minimum atomic E-state index is -0.582. The molecule has 0 radical (unpaired) electrons. The molecule has 1 fully saturated rings. The molecule has 8 nitrogen and oxygen atoms in total. The zero-order chi connectivity index (χ0) is 26.7. The Morgan fingerprint density at radius 3 is 2.62 bits per heavy atom. The van der Waals surface area contributed by atoms with Crippen molar-refractivity contribution < 1.29 is 14.0 Å². The van der Waals surface area contributed by atoms with E-state index in [4.69, 9.17) is 34.7 Å². The molecule has 2 amide bonds. The summed E-state index contributed by atoms with van der Waals surface area (Å²) < 4.78 is 14.2. The predicted molar refractivity (Wildman–Crippen MR) is 143 cm³/mol. The van der Waals surface area contributed by atoms with Crippen LogP contribution in [0, 0.1) is 5.82 Å². The second-order valence-electron chi connectivity index (χ2n) is 8.99. The molecule has 11 heteroatoms. The average Bonchev–Trinajstić information content (AvgIpc) is 3.42. The molecule has 0 aromatic heterocycles. The van der Waals surface area contributed by atoms with Gasteiger partial charge in [-0.3, -0.25) is 9.59 Å². The topological polar surface area (TPSA) is 117 Å². The molecule has 2 aliphatic heterocycles. The summed E-state index contributed by atoms with van der Waals surface area (Å²) in [5, 5.41) is 6.03. The number of likely N-dealkylation sites (tertiary alicyclic amines) is 1. The first kappa shape index (κ1) is 26.6. The maximum absolute atomic E-state index is 14.2. The lowest BCUT2D eigenvalue weighted by molar-refractivity contribution is -0.112. The smallest absolute Gasteiger partial charge is 0.271 e. The number of benzene rings is 2. The van der Waals surface area contributed by atoms with E-state index < -0.39 is 17.8 Å². The Morgan fingerprint density at radius 2 is 1.89 bits per heavy atom. The van der Waals surface area contributed by atoms with Crippen molar-refractivity contribution in [1.29, 1.82) is 0 Å². The van der Waals surface area contributed by atoms with E-state index in [0.717, 1.165) is 25.9 Å². The highest BCUT2D eigenvalue weighted by Crippen LogP contribution is 2.37. The Labute approximate surface area is 225 Å². The number of carbonyl (C=O) groups excluding carboxylic acids is 2. The number of rotatable bonds is 6. The highest BCUT2D eigenvalue weighted by Gasteiger charge is 2.28. The maximum atomic E-state index is 14.2. The van der Waals surface area contributed by atoms with Crippen LogP contribution in [0.15, 0.2) is 59.7 Å². The number of nitrogens with zero attached hydrogens (tertiary/aromatic N) is 2. The molecule has 0 aliphatic carbocycles. The van der Waals surface area contributed by atoms with E-state index in [9.17, 15) is 14.0 Å². The molecule has 0 saturated carbocycles. The van der Waals surface area contributed by atoms with Gasteiger partial charge in [-0.15, -0.1) is 0 Å². The van der Waals surface area contributed by atoms with Gasteiger partial charge in [0.05, 0.1) is 22.5 Å². The number of allylic oxidation sites excluding steroid dienone is 1. The first-order valence-electron chi connectivity index (χ1n) is 12.0. The Bertz CT molecular complexity index is 1280. The third-order valence-electron chi connectivity index (χ3n) is 6.53. The van der Waals surface area contributed by atoms with Gasteiger partial charge in [0, 0.05) is 48.0 Å². The number of nitrogens with one attached hydrogen (secondary N) is 2. The second kappa shape index (κ2) is 11.3. The van der Waals surface area contributed by atoms with Crippen LogP contribution in [0.5, 0.6) is 0 Å². The molecule has 4 rings (SSSR count). The number of amides is 2. The average molecular weight is 547 g/mol. The number of carbonyl (C=O) groups is 2. The first-order chi connectivity index (χ1) is 17.7. The van der Waals surface area contributed by atoms with Gasteiger partial charge in [-0.2, -0.15) is 0 Å². The molecule has 1 atom stereocenters. The van der Waals surface area contributed by atoms with Crippen LogP contribution in [0.25, 0.3) is 0 Å². The van der Waals surface area contributed by atoms with Crippen LogP contribution in [0.2, 0.25) is 10.0 Å². The molecule has 1 saturated heterocycles. The lowest BCUT2D eigenvalue weighted by Crippen LogP contribution is -2.43. The van der Waals surface area contributed by atoms with E-state index >= 15 is 0 Å². The number of hydrogen-bond donors (Lipinski definition) is 4. The van der Waals surface area contributed by atoms with Crippen molar-refractivity contribution in [3.05, 3.63) is 86.7 Å². The molecular weight excluding hydrogens is 518 g/mol. The lowest BCUT2D eigenvalue weighted by atomic mass is 10.0. The number of anilines is 1. The molecule has 37 heavy (non-hydrogen) atoms. The summed E-state index contributed by atoms with van der Waals surface area (Å²) in [5.41, 5.74) is 14.1. The van der Waals surface area contributed by atoms with Gasteiger partial charge >= 0.3 is 0 Å². The van der Waals surface area contributed by atoms with E-state index in [1.165, 1.54) is 18.2 Å². The van der Waals surface area contributed by atoms with Crippen LogP contribution >= 0.6 is 23.2 Å². The number of nitrogens with two attached hydrogens (primary N) is 2. The molecule has 1 unspecified atom stereocenters. The Morgan fingerprint density at radius 1 is 1.16 bits per heavy atom. The fourth-order valence-corrected chi connectivity index (χ4v) is 5.26. The van der Waals surface area contributed by atoms with Crippen molar-refractivity contribution in [2.75, 3.05) is 31.5 Å². The van der Waals surface area contributed by atoms with Crippen LogP contribution < -0.4 is 22.1 Å². The molecule has 196 valence electrons. The summed E-state index contributed by atoms with van der Waals surface area (Å²) in [7, 11) is 0. The normalized spacial score (nSPS) is 17.0. The number of hydrogen-bond acceptors (Lipinski definition) is 6. The summed E-state index contributed by atoms with van der Waals surface area (Å²) in [6.45, 7) is 4.28. The van der Waals surface area contributed by atoms with Crippen molar-refractivity contribution in [2.45, 2.75) is 25.8 Å². The van der Waals surface area contributed by atoms with E-state index in [1.807, 2.05) is 11.8 Å². The zero-order valence-corrected chi connectivity index (χ0v) is 21.9. The van der Waals surface area contributed by atoms with Crippen LogP contribution in [0.3, 0.4) is 0 Å². The first-order valence-corrected chi connectivity index (χ1v) is 12.7. The SMILES string of the molecule is CC(c1c(Cl)ccc(F)c1Cl)N1CCNC(N)=C1/C=C(\N)C(=O)Nc1cccc(C(=O)N2CCCC2)c1. The molecule has 2 aromatic rings. The maximum Gasteiger partial charge on any atom is 0.271 e. The summed E-state index contributed by atoms with van der Waals surface area (Å²) in [5.74, 6) is -0.911. The molecule has 2 aliphatic rings. The molecule has 0 spiro atoms. The zero-order valence-electron chi connectivity index (χ0n) is 20.4. The lowest BCUT2D eigenvalue weighted by Gasteiger charge is -2.37. The quantitative estimate of drug-likeness (QED) is 0.322. The Kier molecular flexibility index (Phi) is 8.14. The van der Waals surface area contributed by atoms with Crippen LogP contribution in [0.4, 0.5) is 10.1 Å². The van der Waals surface area contributed by atoms with E-state index in [1.54, 1.807) is 29.2 Å². The highest BCUT2D eigenvalue weighted by molar-refractivity contribution is 6.36. The summed E-state index contributed by atoms with van der Waals surface area (Å²) >= 11 is 12.6. The fourth-order valence-electron chi connectivity index (χ4n) is 4.57. The van der Waals surface area contributed by atoms with Gasteiger partial charge in [0.25, 0.3) is 11.8 Å². The van der Waals surface area contributed by atoms with Crippen molar-refractivity contribution in [3.8, 4) is 0 Å². The van der Waals surface area contributed by atoms with Crippen LogP contribution in [-0.2, 0) is 4.79 Å². The van der Waals surface area contributed by atoms with Crippen molar-refractivity contribution in [3.63, 3.8) is 0 Å². The molecular formula is C26H29Cl2FN6O2. The van der Waals surface area contributed by atoms with Crippen molar-refractivity contribution in [1.82, 2.24) is 15.1 Å². The highest BCUT2D eigenvalue weighted by atomic mass is 35.5. The van der Waals surface area contributed by atoms with E-state index in [-0.39, 0.29) is 16.6 Å². The Balaban J connectivity index is 1.55. The summed E-state index contributed by atoms with van der Waals surface area (Å²) in [6.07, 6.45) is 3.43. The van der Waals surface area contributed by atoms with Gasteiger partial charge in [0.2, 0.25) is 0 Å². The van der Waals surface area contributed by atoms with Gasteiger partial charge in [-0.25, -0.2) is 4.39 Å². The van der Waals surface area contributed by atoms with Crippen molar-refractivity contribution in [2.24, 2.45) is 11.5 Å². The van der Waals surface area contributed by atoms with Gasteiger partial charge in [-0.1, -0.05) is 29.3 Å². The van der Waals surface area contributed by atoms with Gasteiger partial charge < -0.3 is 31.9 Å². The second-order valence-corrected chi connectivity index (χ2v) is 9.77.